The molecule has 4 heteroatoms. The van der Waals surface area contributed by atoms with E-state index in [9.17, 15) is 0 Å². The van der Waals surface area contributed by atoms with Gasteiger partial charge in [-0.1, -0.05) is 6.07 Å². The van der Waals surface area contributed by atoms with E-state index < -0.39 is 0 Å². The second-order valence-electron chi connectivity index (χ2n) is 4.17. The molecule has 0 aromatic carbocycles. The van der Waals surface area contributed by atoms with E-state index in [4.69, 9.17) is 0 Å². The molecule has 0 atom stereocenters. The summed E-state index contributed by atoms with van der Waals surface area (Å²) in [6.07, 6.45) is 0. The SMILES string of the molecule is CN(C)c1ccc(-c2ccc(-c3cccs3)s2)s1. The summed E-state index contributed by atoms with van der Waals surface area (Å²) < 4.78 is 0. The van der Waals surface area contributed by atoms with E-state index in [0.29, 0.717) is 0 Å². The normalized spacial score (nSPS) is 10.8. The minimum Gasteiger partial charge on any atom is -0.370 e. The molecule has 0 saturated heterocycles. The van der Waals surface area contributed by atoms with E-state index in [0.717, 1.165) is 0 Å². The second-order valence-corrected chi connectivity index (χ2v) is 7.27. The van der Waals surface area contributed by atoms with Crippen LogP contribution in [0.2, 0.25) is 0 Å². The lowest BCUT2D eigenvalue weighted by molar-refractivity contribution is 1.16. The second kappa shape index (κ2) is 4.88. The molecule has 3 rings (SSSR count). The summed E-state index contributed by atoms with van der Waals surface area (Å²) in [6.45, 7) is 0. The van der Waals surface area contributed by atoms with Gasteiger partial charge in [0.05, 0.1) is 5.00 Å². The molecule has 0 aliphatic rings. The molecular formula is C14H13NS3. The Morgan fingerprint density at radius 2 is 1.44 bits per heavy atom. The van der Waals surface area contributed by atoms with Gasteiger partial charge in [0.15, 0.2) is 0 Å². The van der Waals surface area contributed by atoms with Gasteiger partial charge >= 0.3 is 0 Å². The van der Waals surface area contributed by atoms with Gasteiger partial charge in [0.25, 0.3) is 0 Å². The van der Waals surface area contributed by atoms with Gasteiger partial charge in [-0.3, -0.25) is 0 Å². The first-order chi connectivity index (χ1) is 8.74. The third kappa shape index (κ3) is 2.23. The van der Waals surface area contributed by atoms with Crippen molar-refractivity contribution in [3.8, 4) is 19.5 Å². The average molecular weight is 291 g/mol. The van der Waals surface area contributed by atoms with Gasteiger partial charge in [-0.05, 0) is 35.7 Å². The predicted octanol–water partition coefficient (Wildman–Crippen LogP) is 5.27. The zero-order chi connectivity index (χ0) is 12.5. The Labute approximate surface area is 119 Å². The van der Waals surface area contributed by atoms with Gasteiger partial charge < -0.3 is 4.90 Å². The summed E-state index contributed by atoms with van der Waals surface area (Å²) in [7, 11) is 4.17. The molecule has 3 aromatic heterocycles. The maximum atomic E-state index is 2.23. The van der Waals surface area contributed by atoms with Gasteiger partial charge in [0.2, 0.25) is 0 Å². The van der Waals surface area contributed by atoms with Crippen LogP contribution in [-0.4, -0.2) is 14.1 Å². The number of hydrogen-bond donors (Lipinski definition) is 0. The van der Waals surface area contributed by atoms with Crippen LogP contribution in [0.15, 0.2) is 41.8 Å². The molecule has 92 valence electrons. The lowest BCUT2D eigenvalue weighted by Crippen LogP contribution is -2.05. The molecule has 0 unspecified atom stereocenters. The molecule has 0 amide bonds. The van der Waals surface area contributed by atoms with E-state index in [1.54, 1.807) is 11.3 Å². The largest absolute Gasteiger partial charge is 0.370 e. The quantitative estimate of drug-likeness (QED) is 0.635. The Morgan fingerprint density at radius 1 is 0.778 bits per heavy atom. The molecule has 0 saturated carbocycles. The minimum absolute atomic E-state index is 1.30. The predicted molar refractivity (Wildman–Crippen MR) is 85.3 cm³/mol. The summed E-state index contributed by atoms with van der Waals surface area (Å²) in [5, 5.41) is 3.43. The smallest absolute Gasteiger partial charge is 0.0910 e. The van der Waals surface area contributed by atoms with Crippen LogP contribution in [0.3, 0.4) is 0 Å². The van der Waals surface area contributed by atoms with Crippen LogP contribution >= 0.6 is 34.0 Å². The molecule has 0 fully saturated rings. The Hall–Kier alpha value is -1.10. The molecule has 0 radical (unpaired) electrons. The highest BCUT2D eigenvalue weighted by Crippen LogP contribution is 2.40. The fourth-order valence-corrected chi connectivity index (χ4v) is 4.58. The first-order valence-corrected chi connectivity index (χ1v) is 8.16. The Balaban J connectivity index is 1.93. The van der Waals surface area contributed by atoms with Crippen molar-refractivity contribution in [1.82, 2.24) is 0 Å². The summed E-state index contributed by atoms with van der Waals surface area (Å²) in [5.74, 6) is 0. The standard InChI is InChI=1S/C14H13NS3/c1-15(2)14-8-7-13(18-14)12-6-5-11(17-12)10-4-3-9-16-10/h3-9H,1-2H3. The Bertz CT molecular complexity index is 632. The number of anilines is 1. The molecule has 0 bridgehead atoms. The molecule has 0 aliphatic carbocycles. The third-order valence-corrected chi connectivity index (χ3v) is 6.25. The molecule has 0 N–H and O–H groups in total. The van der Waals surface area contributed by atoms with E-state index in [1.807, 2.05) is 22.7 Å². The van der Waals surface area contributed by atoms with Gasteiger partial charge in [-0.25, -0.2) is 0 Å². The molecule has 1 nitrogen and oxygen atoms in total. The summed E-state index contributed by atoms with van der Waals surface area (Å²) in [4.78, 5) is 7.58. The van der Waals surface area contributed by atoms with Crippen LogP contribution in [-0.2, 0) is 0 Å². The van der Waals surface area contributed by atoms with Crippen LogP contribution in [0.1, 0.15) is 0 Å². The van der Waals surface area contributed by atoms with Crippen LogP contribution in [0.4, 0.5) is 5.00 Å². The number of rotatable bonds is 3. The highest BCUT2D eigenvalue weighted by molar-refractivity contribution is 7.27. The average Bonchev–Trinajstić information content (AvgIpc) is 3.10. The highest BCUT2D eigenvalue weighted by Gasteiger charge is 2.08. The molecule has 0 aliphatic heterocycles. The lowest BCUT2D eigenvalue weighted by atomic mass is 10.3. The summed E-state index contributed by atoms with van der Waals surface area (Å²) >= 11 is 5.52. The third-order valence-electron chi connectivity index (χ3n) is 2.65. The van der Waals surface area contributed by atoms with Crippen molar-refractivity contribution in [1.29, 1.82) is 0 Å². The zero-order valence-electron chi connectivity index (χ0n) is 10.2. The first-order valence-electron chi connectivity index (χ1n) is 5.65. The Morgan fingerprint density at radius 3 is 2.06 bits per heavy atom. The molecular weight excluding hydrogens is 278 g/mol. The van der Waals surface area contributed by atoms with Crippen molar-refractivity contribution in [2.75, 3.05) is 19.0 Å². The van der Waals surface area contributed by atoms with Crippen LogP contribution in [0.25, 0.3) is 19.5 Å². The Kier molecular flexibility index (Phi) is 3.24. The van der Waals surface area contributed by atoms with Crippen LogP contribution in [0.5, 0.6) is 0 Å². The fraction of sp³-hybridized carbons (Fsp3) is 0.143. The lowest BCUT2D eigenvalue weighted by Gasteiger charge is -2.06. The van der Waals surface area contributed by atoms with Crippen molar-refractivity contribution in [3.63, 3.8) is 0 Å². The van der Waals surface area contributed by atoms with Gasteiger partial charge in [-0.15, -0.1) is 34.0 Å². The van der Waals surface area contributed by atoms with E-state index in [-0.39, 0.29) is 0 Å². The van der Waals surface area contributed by atoms with Gasteiger partial charge in [0.1, 0.15) is 0 Å². The molecule has 0 spiro atoms. The topological polar surface area (TPSA) is 3.24 Å². The number of nitrogens with zero attached hydrogens (tertiary/aromatic N) is 1. The minimum atomic E-state index is 1.30. The number of hydrogen-bond acceptors (Lipinski definition) is 4. The van der Waals surface area contributed by atoms with E-state index in [2.05, 4.69) is 60.8 Å². The van der Waals surface area contributed by atoms with Gasteiger partial charge in [0, 0.05) is 33.6 Å². The maximum Gasteiger partial charge on any atom is 0.0910 e. The maximum absolute atomic E-state index is 2.23. The molecule has 3 heterocycles. The highest BCUT2D eigenvalue weighted by atomic mass is 32.1. The van der Waals surface area contributed by atoms with Crippen molar-refractivity contribution in [2.24, 2.45) is 0 Å². The first kappa shape index (κ1) is 12.0. The van der Waals surface area contributed by atoms with Crippen molar-refractivity contribution in [2.45, 2.75) is 0 Å². The van der Waals surface area contributed by atoms with E-state index >= 15 is 0 Å². The monoisotopic (exact) mass is 291 g/mol. The van der Waals surface area contributed by atoms with Crippen molar-refractivity contribution >= 4 is 39.0 Å². The van der Waals surface area contributed by atoms with Crippen LogP contribution in [0, 0.1) is 0 Å². The fourth-order valence-electron chi connectivity index (χ4n) is 1.72. The molecule has 18 heavy (non-hydrogen) atoms. The van der Waals surface area contributed by atoms with Gasteiger partial charge in [-0.2, -0.15) is 0 Å². The summed E-state index contributed by atoms with van der Waals surface area (Å²) in [6, 6.07) is 13.1. The van der Waals surface area contributed by atoms with Crippen molar-refractivity contribution in [3.05, 3.63) is 41.8 Å². The zero-order valence-corrected chi connectivity index (χ0v) is 12.7. The van der Waals surface area contributed by atoms with Crippen molar-refractivity contribution < 1.29 is 0 Å². The molecule has 3 aromatic rings. The van der Waals surface area contributed by atoms with Crippen LogP contribution < -0.4 is 4.90 Å². The number of thiophene rings is 3. The van der Waals surface area contributed by atoms with E-state index in [1.165, 1.54) is 24.5 Å². The summed E-state index contributed by atoms with van der Waals surface area (Å²) in [5.41, 5.74) is 0.